The van der Waals surface area contributed by atoms with Crippen molar-refractivity contribution in [2.75, 3.05) is 13.2 Å². The third kappa shape index (κ3) is 2.26. The number of hydrogen-bond donors (Lipinski definition) is 4. The van der Waals surface area contributed by atoms with Crippen molar-refractivity contribution in [1.29, 1.82) is 0 Å². The molecule has 0 bridgehead atoms. The quantitative estimate of drug-likeness (QED) is 0.416. The number of fused-ring (bicyclic) bond motifs is 1. The van der Waals surface area contributed by atoms with Crippen LogP contribution in [0.25, 0.3) is 11.0 Å². The lowest BCUT2D eigenvalue weighted by molar-refractivity contribution is 0.701. The molecule has 0 atom stereocenters. The fourth-order valence-electron chi connectivity index (χ4n) is 1.57. The molecule has 15 heavy (non-hydrogen) atoms. The number of benzene rings is 1. The molecule has 0 aliphatic heterocycles. The topological polar surface area (TPSA) is 86.7 Å². The standard InChI is InChI=1S/C10H14N4O/c11-6-12-4-3-7-1-2-8-9(5-7)14-10(15)13-8/h1-2,5,12H,3-4,6,11H2,(H2,13,14,15). The largest absolute Gasteiger partial charge is 0.323 e. The maximum absolute atomic E-state index is 11.0. The zero-order chi connectivity index (χ0) is 10.7. The third-order valence-electron chi connectivity index (χ3n) is 2.32. The molecule has 2 rings (SSSR count). The Morgan fingerprint density at radius 2 is 2.07 bits per heavy atom. The fraction of sp³-hybridized carbons (Fsp3) is 0.300. The van der Waals surface area contributed by atoms with E-state index in [2.05, 4.69) is 15.3 Å². The van der Waals surface area contributed by atoms with Crippen molar-refractivity contribution in [3.63, 3.8) is 0 Å². The first-order chi connectivity index (χ1) is 7.29. The maximum atomic E-state index is 11.0. The van der Waals surface area contributed by atoms with E-state index in [9.17, 15) is 4.79 Å². The van der Waals surface area contributed by atoms with Gasteiger partial charge in [-0.3, -0.25) is 0 Å². The van der Waals surface area contributed by atoms with Gasteiger partial charge in [0.1, 0.15) is 0 Å². The Morgan fingerprint density at radius 1 is 1.27 bits per heavy atom. The summed E-state index contributed by atoms with van der Waals surface area (Å²) in [5, 5.41) is 3.05. The number of nitrogens with two attached hydrogens (primary N) is 1. The minimum atomic E-state index is -0.165. The molecule has 1 heterocycles. The molecular formula is C10H14N4O. The van der Waals surface area contributed by atoms with Crippen LogP contribution in [0.4, 0.5) is 0 Å². The lowest BCUT2D eigenvalue weighted by atomic mass is 10.1. The predicted octanol–water partition coefficient (Wildman–Crippen LogP) is -0.0955. The van der Waals surface area contributed by atoms with Crippen molar-refractivity contribution in [1.82, 2.24) is 15.3 Å². The molecule has 5 N–H and O–H groups in total. The summed E-state index contributed by atoms with van der Waals surface area (Å²) in [6, 6.07) is 5.89. The molecule has 0 aliphatic carbocycles. The zero-order valence-corrected chi connectivity index (χ0v) is 8.34. The first-order valence-electron chi connectivity index (χ1n) is 4.91. The second-order valence-corrected chi connectivity index (χ2v) is 3.41. The van der Waals surface area contributed by atoms with Gasteiger partial charge in [0.2, 0.25) is 0 Å². The van der Waals surface area contributed by atoms with Gasteiger partial charge < -0.3 is 21.0 Å². The summed E-state index contributed by atoms with van der Waals surface area (Å²) in [5.74, 6) is 0. The Hall–Kier alpha value is -1.59. The van der Waals surface area contributed by atoms with Crippen molar-refractivity contribution in [2.45, 2.75) is 6.42 Å². The highest BCUT2D eigenvalue weighted by Gasteiger charge is 1.99. The molecule has 0 unspecified atom stereocenters. The minimum Gasteiger partial charge on any atom is -0.318 e. The Kier molecular flexibility index (Phi) is 2.84. The van der Waals surface area contributed by atoms with Gasteiger partial charge in [0.15, 0.2) is 0 Å². The lowest BCUT2D eigenvalue weighted by Gasteiger charge is -2.01. The molecule has 1 aromatic carbocycles. The zero-order valence-electron chi connectivity index (χ0n) is 8.34. The Labute approximate surface area is 86.7 Å². The molecule has 0 amide bonds. The second kappa shape index (κ2) is 4.29. The van der Waals surface area contributed by atoms with Crippen molar-refractivity contribution in [3.05, 3.63) is 34.2 Å². The molecule has 5 heteroatoms. The van der Waals surface area contributed by atoms with E-state index < -0.39 is 0 Å². The molecule has 80 valence electrons. The van der Waals surface area contributed by atoms with E-state index in [1.54, 1.807) is 0 Å². The van der Waals surface area contributed by atoms with Gasteiger partial charge in [0, 0.05) is 13.2 Å². The van der Waals surface area contributed by atoms with Crippen LogP contribution in [-0.2, 0) is 6.42 Å². The average Bonchev–Trinajstić information content (AvgIpc) is 2.57. The van der Waals surface area contributed by atoms with Crippen LogP contribution in [0.3, 0.4) is 0 Å². The van der Waals surface area contributed by atoms with Crippen LogP contribution >= 0.6 is 0 Å². The Balaban J connectivity index is 2.19. The van der Waals surface area contributed by atoms with E-state index in [1.807, 2.05) is 18.2 Å². The first-order valence-corrected chi connectivity index (χ1v) is 4.91. The molecule has 0 saturated heterocycles. The molecule has 0 spiro atoms. The molecule has 0 aliphatic rings. The van der Waals surface area contributed by atoms with Gasteiger partial charge in [0.05, 0.1) is 11.0 Å². The van der Waals surface area contributed by atoms with Crippen molar-refractivity contribution in [2.24, 2.45) is 5.73 Å². The highest BCUT2D eigenvalue weighted by molar-refractivity contribution is 5.74. The smallest absolute Gasteiger partial charge is 0.318 e. The normalized spacial score (nSPS) is 11.0. The molecule has 0 fully saturated rings. The minimum absolute atomic E-state index is 0.165. The van der Waals surface area contributed by atoms with Crippen molar-refractivity contribution >= 4 is 11.0 Å². The van der Waals surface area contributed by atoms with Crippen LogP contribution in [0.2, 0.25) is 0 Å². The summed E-state index contributed by atoms with van der Waals surface area (Å²) >= 11 is 0. The van der Waals surface area contributed by atoms with Crippen molar-refractivity contribution < 1.29 is 0 Å². The lowest BCUT2D eigenvalue weighted by Crippen LogP contribution is -2.24. The molecule has 5 nitrogen and oxygen atoms in total. The van der Waals surface area contributed by atoms with E-state index >= 15 is 0 Å². The van der Waals surface area contributed by atoms with Gasteiger partial charge in [-0.25, -0.2) is 4.79 Å². The first kappa shape index (κ1) is 9.95. The molecule has 0 saturated carbocycles. The van der Waals surface area contributed by atoms with E-state index in [1.165, 1.54) is 5.56 Å². The summed E-state index contributed by atoms with van der Waals surface area (Å²) in [6.45, 7) is 1.33. The monoisotopic (exact) mass is 206 g/mol. The van der Waals surface area contributed by atoms with Gasteiger partial charge in [-0.05, 0) is 24.1 Å². The van der Waals surface area contributed by atoms with Crippen molar-refractivity contribution in [3.8, 4) is 0 Å². The maximum Gasteiger partial charge on any atom is 0.323 e. The van der Waals surface area contributed by atoms with E-state index in [0.717, 1.165) is 24.0 Å². The highest BCUT2D eigenvalue weighted by Crippen LogP contribution is 2.10. The van der Waals surface area contributed by atoms with Gasteiger partial charge in [-0.1, -0.05) is 6.07 Å². The van der Waals surface area contributed by atoms with Crippen LogP contribution in [0.15, 0.2) is 23.0 Å². The number of nitrogens with one attached hydrogen (secondary N) is 3. The average molecular weight is 206 g/mol. The Morgan fingerprint density at radius 3 is 2.87 bits per heavy atom. The summed E-state index contributed by atoms with van der Waals surface area (Å²) in [7, 11) is 0. The fourth-order valence-corrected chi connectivity index (χ4v) is 1.57. The number of imidazole rings is 1. The second-order valence-electron chi connectivity index (χ2n) is 3.41. The summed E-state index contributed by atoms with van der Waals surface area (Å²) in [6.07, 6.45) is 0.903. The van der Waals surface area contributed by atoms with Crippen LogP contribution in [0.5, 0.6) is 0 Å². The number of H-pyrrole nitrogens is 2. The van der Waals surface area contributed by atoms with E-state index in [-0.39, 0.29) is 5.69 Å². The highest BCUT2D eigenvalue weighted by atomic mass is 16.1. The van der Waals surface area contributed by atoms with Gasteiger partial charge in [-0.15, -0.1) is 0 Å². The number of rotatable bonds is 4. The molecule has 1 aromatic heterocycles. The number of aromatic amines is 2. The van der Waals surface area contributed by atoms with Crippen LogP contribution < -0.4 is 16.7 Å². The molecule has 0 radical (unpaired) electrons. The summed E-state index contributed by atoms with van der Waals surface area (Å²) in [4.78, 5) is 16.5. The van der Waals surface area contributed by atoms with Crippen LogP contribution in [0, 0.1) is 0 Å². The predicted molar refractivity (Wildman–Crippen MR) is 59.7 cm³/mol. The number of aromatic nitrogens is 2. The molecular weight excluding hydrogens is 192 g/mol. The van der Waals surface area contributed by atoms with Gasteiger partial charge in [0.25, 0.3) is 0 Å². The summed E-state index contributed by atoms with van der Waals surface area (Å²) in [5.41, 5.74) is 8.03. The van der Waals surface area contributed by atoms with Crippen LogP contribution in [-0.4, -0.2) is 23.2 Å². The van der Waals surface area contributed by atoms with E-state index in [4.69, 9.17) is 5.73 Å². The van der Waals surface area contributed by atoms with Gasteiger partial charge >= 0.3 is 5.69 Å². The van der Waals surface area contributed by atoms with Gasteiger partial charge in [-0.2, -0.15) is 0 Å². The third-order valence-corrected chi connectivity index (χ3v) is 2.32. The van der Waals surface area contributed by atoms with E-state index in [0.29, 0.717) is 6.67 Å². The Bertz CT molecular complexity index is 499. The number of hydrogen-bond acceptors (Lipinski definition) is 3. The SMILES string of the molecule is NCNCCc1ccc2[nH]c(=O)[nH]c2c1. The van der Waals surface area contributed by atoms with Crippen LogP contribution in [0.1, 0.15) is 5.56 Å². The summed E-state index contributed by atoms with van der Waals surface area (Å²) < 4.78 is 0. The molecule has 2 aromatic rings.